The van der Waals surface area contributed by atoms with E-state index < -0.39 is 0 Å². The van der Waals surface area contributed by atoms with Crippen LogP contribution in [0.25, 0.3) is 0 Å². The first-order valence-electron chi connectivity index (χ1n) is 7.86. The maximum Gasteiger partial charge on any atom is 0.136 e. The molecule has 122 valence electrons. The van der Waals surface area contributed by atoms with Crippen molar-refractivity contribution in [1.29, 1.82) is 0 Å². The van der Waals surface area contributed by atoms with Crippen LogP contribution in [0.2, 0.25) is 0 Å². The van der Waals surface area contributed by atoms with Crippen LogP contribution in [0.5, 0.6) is 11.5 Å². The highest BCUT2D eigenvalue weighted by molar-refractivity contribution is 8.00. The van der Waals surface area contributed by atoms with E-state index in [1.165, 1.54) is 11.1 Å². The second-order valence-corrected chi connectivity index (χ2v) is 7.15. The topological polar surface area (TPSA) is 27.7 Å². The number of hydrogen-bond acceptors (Lipinski definition) is 4. The first kappa shape index (κ1) is 16.2. The number of rotatable bonds is 6. The van der Waals surface area contributed by atoms with E-state index in [4.69, 9.17) is 14.2 Å². The average molecular weight is 330 g/mol. The van der Waals surface area contributed by atoms with Gasteiger partial charge in [0.1, 0.15) is 29.6 Å². The van der Waals surface area contributed by atoms with E-state index in [0.717, 1.165) is 23.9 Å². The molecule has 0 radical (unpaired) electrons. The van der Waals surface area contributed by atoms with Crippen molar-refractivity contribution in [3.8, 4) is 11.5 Å². The van der Waals surface area contributed by atoms with Crippen molar-refractivity contribution in [3.05, 3.63) is 59.7 Å². The molecule has 1 aliphatic heterocycles. The second-order valence-electron chi connectivity index (χ2n) is 5.68. The minimum Gasteiger partial charge on any atom is -0.490 e. The van der Waals surface area contributed by atoms with Gasteiger partial charge in [-0.2, -0.15) is 0 Å². The quantitative estimate of drug-likeness (QED) is 0.734. The zero-order valence-corrected chi connectivity index (χ0v) is 14.4. The van der Waals surface area contributed by atoms with Gasteiger partial charge < -0.3 is 14.2 Å². The van der Waals surface area contributed by atoms with Gasteiger partial charge in [0.15, 0.2) is 0 Å². The van der Waals surface area contributed by atoms with E-state index in [9.17, 15) is 0 Å². The van der Waals surface area contributed by atoms with Crippen molar-refractivity contribution >= 4 is 11.8 Å². The molecule has 0 aliphatic carbocycles. The highest BCUT2D eigenvalue weighted by Crippen LogP contribution is 2.42. The summed E-state index contributed by atoms with van der Waals surface area (Å²) in [5.41, 5.74) is 2.41. The number of benzene rings is 2. The third kappa shape index (κ3) is 4.21. The molecule has 1 heterocycles. The molecule has 1 aliphatic rings. The second kappa shape index (κ2) is 7.28. The number of thioether (sulfide) groups is 1. The Morgan fingerprint density at radius 2 is 1.52 bits per heavy atom. The largest absolute Gasteiger partial charge is 0.490 e. The van der Waals surface area contributed by atoms with E-state index >= 15 is 0 Å². The molecule has 3 nitrogen and oxygen atoms in total. The first-order chi connectivity index (χ1) is 11.2. The lowest BCUT2D eigenvalue weighted by atomic mass is 10.1. The smallest absolute Gasteiger partial charge is 0.136 e. The van der Waals surface area contributed by atoms with Crippen molar-refractivity contribution in [3.63, 3.8) is 0 Å². The summed E-state index contributed by atoms with van der Waals surface area (Å²) in [4.78, 5) is -0.215. The lowest BCUT2D eigenvalue weighted by Crippen LogP contribution is -2.16. The van der Waals surface area contributed by atoms with Crippen LogP contribution < -0.4 is 9.47 Å². The van der Waals surface area contributed by atoms with E-state index in [1.807, 2.05) is 48.2 Å². The Bertz CT molecular complexity index is 616. The molecule has 0 N–H and O–H groups in total. The summed E-state index contributed by atoms with van der Waals surface area (Å²) < 4.78 is 17.2. The van der Waals surface area contributed by atoms with Crippen LogP contribution in [0.1, 0.15) is 18.1 Å². The molecule has 1 fully saturated rings. The zero-order chi connectivity index (χ0) is 16.1. The van der Waals surface area contributed by atoms with Crippen molar-refractivity contribution in [2.45, 2.75) is 18.8 Å². The molecule has 23 heavy (non-hydrogen) atoms. The Morgan fingerprint density at radius 3 is 2.04 bits per heavy atom. The van der Waals surface area contributed by atoms with Gasteiger partial charge >= 0.3 is 0 Å². The first-order valence-corrected chi connectivity index (χ1v) is 8.85. The van der Waals surface area contributed by atoms with Gasteiger partial charge in [-0.3, -0.25) is 0 Å². The molecule has 4 heteroatoms. The fraction of sp³-hybridized carbons (Fsp3) is 0.368. The van der Waals surface area contributed by atoms with Crippen LogP contribution in [0.15, 0.2) is 48.5 Å². The minimum atomic E-state index is -0.215. The predicted octanol–water partition coefficient (Wildman–Crippen LogP) is 4.39. The fourth-order valence-corrected chi connectivity index (χ4v) is 3.51. The lowest BCUT2D eigenvalue weighted by molar-refractivity contribution is 0.0643. The molecule has 0 bridgehead atoms. The third-order valence-corrected chi connectivity index (χ3v) is 5.13. The maximum atomic E-state index is 5.82. The summed E-state index contributed by atoms with van der Waals surface area (Å²) in [5, 5.41) is 0. The van der Waals surface area contributed by atoms with Gasteiger partial charge in [-0.1, -0.05) is 29.8 Å². The van der Waals surface area contributed by atoms with Crippen molar-refractivity contribution < 1.29 is 14.2 Å². The normalized spacial score (nSPS) is 20.4. The van der Waals surface area contributed by atoms with E-state index in [-0.39, 0.29) is 4.93 Å². The molecular weight excluding hydrogens is 308 g/mol. The van der Waals surface area contributed by atoms with Crippen LogP contribution in [0, 0.1) is 6.92 Å². The molecular formula is C19H22O3S. The van der Waals surface area contributed by atoms with Crippen LogP contribution in [0.4, 0.5) is 0 Å². The highest BCUT2D eigenvalue weighted by Gasteiger charge is 2.32. The summed E-state index contributed by atoms with van der Waals surface area (Å²) in [6.07, 6.45) is 0. The van der Waals surface area contributed by atoms with Crippen molar-refractivity contribution in [2.24, 2.45) is 0 Å². The van der Waals surface area contributed by atoms with Gasteiger partial charge in [-0.15, -0.1) is 11.8 Å². The molecule has 1 saturated heterocycles. The third-order valence-electron chi connectivity index (χ3n) is 3.86. The molecule has 0 spiro atoms. The molecule has 1 atom stereocenters. The summed E-state index contributed by atoms with van der Waals surface area (Å²) in [6, 6.07) is 16.2. The molecule has 2 aromatic carbocycles. The van der Waals surface area contributed by atoms with Crippen LogP contribution in [-0.4, -0.2) is 25.6 Å². The Kier molecular flexibility index (Phi) is 5.13. The lowest BCUT2D eigenvalue weighted by Gasteiger charge is -2.22. The molecule has 0 amide bonds. The molecule has 1 unspecified atom stereocenters. The average Bonchev–Trinajstić information content (AvgIpc) is 3.02. The van der Waals surface area contributed by atoms with Crippen molar-refractivity contribution in [2.75, 3.05) is 25.6 Å². The van der Waals surface area contributed by atoms with Gasteiger partial charge in [-0.05, 0) is 43.7 Å². The molecule has 0 aromatic heterocycles. The van der Waals surface area contributed by atoms with E-state index in [1.54, 1.807) is 0 Å². The number of aryl methyl sites for hydroxylation is 1. The maximum absolute atomic E-state index is 5.82. The molecule has 2 aromatic rings. The van der Waals surface area contributed by atoms with Crippen LogP contribution in [-0.2, 0) is 9.67 Å². The van der Waals surface area contributed by atoms with Gasteiger partial charge in [0.2, 0.25) is 0 Å². The number of ether oxygens (including phenoxy) is 3. The van der Waals surface area contributed by atoms with Crippen LogP contribution >= 0.6 is 11.8 Å². The summed E-state index contributed by atoms with van der Waals surface area (Å²) in [7, 11) is 0. The van der Waals surface area contributed by atoms with Gasteiger partial charge in [0.25, 0.3) is 0 Å². The predicted molar refractivity (Wildman–Crippen MR) is 94.4 cm³/mol. The van der Waals surface area contributed by atoms with E-state index in [0.29, 0.717) is 13.2 Å². The summed E-state index contributed by atoms with van der Waals surface area (Å²) >= 11 is 1.84. The Balaban J connectivity index is 1.46. The van der Waals surface area contributed by atoms with E-state index in [2.05, 4.69) is 26.0 Å². The SMILES string of the molecule is Cc1ccc(OCCOc2ccc(C3(C)OCCS3)cc2)cc1. The number of hydrogen-bond donors (Lipinski definition) is 0. The Hall–Kier alpha value is -1.65. The van der Waals surface area contributed by atoms with Crippen molar-refractivity contribution in [1.82, 2.24) is 0 Å². The summed E-state index contributed by atoms with van der Waals surface area (Å²) in [6.45, 7) is 6.05. The monoisotopic (exact) mass is 330 g/mol. The minimum absolute atomic E-state index is 0.215. The molecule has 3 rings (SSSR count). The zero-order valence-electron chi connectivity index (χ0n) is 13.6. The standard InChI is InChI=1S/C19H22O3S/c1-15-3-7-17(8-4-15)20-11-12-21-18-9-5-16(6-10-18)19(2)22-13-14-23-19/h3-10H,11-14H2,1-2H3. The molecule has 0 saturated carbocycles. The van der Waals surface area contributed by atoms with Gasteiger partial charge in [-0.25, -0.2) is 0 Å². The summed E-state index contributed by atoms with van der Waals surface area (Å²) in [5.74, 6) is 2.77. The highest BCUT2D eigenvalue weighted by atomic mass is 32.2. The van der Waals surface area contributed by atoms with Gasteiger partial charge in [0, 0.05) is 5.75 Å². The van der Waals surface area contributed by atoms with Crippen LogP contribution in [0.3, 0.4) is 0 Å². The van der Waals surface area contributed by atoms with Gasteiger partial charge in [0.05, 0.1) is 6.61 Å². The Morgan fingerprint density at radius 1 is 0.957 bits per heavy atom. The fourth-order valence-electron chi connectivity index (χ4n) is 2.49. The Labute approximate surface area is 142 Å².